The molecule has 0 aliphatic carbocycles. The van der Waals surface area contributed by atoms with Crippen molar-refractivity contribution in [2.75, 3.05) is 26.5 Å². The van der Waals surface area contributed by atoms with Gasteiger partial charge in [0.05, 0.1) is 19.3 Å². The quantitative estimate of drug-likeness (QED) is 0.177. The summed E-state index contributed by atoms with van der Waals surface area (Å²) < 4.78 is 50.3. The van der Waals surface area contributed by atoms with E-state index in [1.54, 1.807) is 13.8 Å². The molecule has 3 unspecified atom stereocenters. The van der Waals surface area contributed by atoms with Gasteiger partial charge in [-0.3, -0.25) is 9.13 Å². The maximum Gasteiger partial charge on any atom is 2.00 e. The van der Waals surface area contributed by atoms with Crippen molar-refractivity contribution in [3.05, 3.63) is 13.8 Å². The third kappa shape index (κ3) is 22.1. The second-order valence-corrected chi connectivity index (χ2v) is 9.85. The van der Waals surface area contributed by atoms with Crippen LogP contribution < -0.4 is 0 Å². The van der Waals surface area contributed by atoms with Gasteiger partial charge in [-0.15, -0.1) is 0 Å². The van der Waals surface area contributed by atoms with E-state index in [1.165, 1.54) is 13.3 Å². The van der Waals surface area contributed by atoms with Crippen molar-refractivity contribution in [2.45, 2.75) is 59.5 Å². The van der Waals surface area contributed by atoms with Crippen LogP contribution >= 0.6 is 15.2 Å². The molecule has 0 rings (SSSR count). The largest absolute Gasteiger partial charge is 2.00 e. The van der Waals surface area contributed by atoms with Gasteiger partial charge in [-0.1, -0.05) is 7.43 Å². The van der Waals surface area contributed by atoms with E-state index < -0.39 is 27.4 Å². The van der Waals surface area contributed by atoms with Gasteiger partial charge in [0.2, 0.25) is 0 Å². The maximum atomic E-state index is 12.2. The Morgan fingerprint density at radius 3 is 1.58 bits per heavy atom. The first-order valence-electron chi connectivity index (χ1n) is 7.45. The van der Waals surface area contributed by atoms with Crippen molar-refractivity contribution in [1.82, 2.24) is 0 Å². The Morgan fingerprint density at radius 1 is 0.808 bits per heavy atom. The molecule has 0 bridgehead atoms. The summed E-state index contributed by atoms with van der Waals surface area (Å²) in [6.45, 7) is 17.2. The summed E-state index contributed by atoms with van der Waals surface area (Å²) in [4.78, 5) is 0. The Morgan fingerprint density at radius 2 is 1.19 bits per heavy atom. The Hall–Kier alpha value is 3.40. The second-order valence-electron chi connectivity index (χ2n) is 5.82. The molecule has 0 aliphatic heterocycles. The molecule has 11 heteroatoms. The van der Waals surface area contributed by atoms with Gasteiger partial charge in [0, 0.05) is 19.4 Å². The average molecular weight is 665 g/mol. The molecule has 0 N–H and O–H groups in total. The first kappa shape index (κ1) is 36.8. The normalized spacial score (nSPS) is 17.9. The van der Waals surface area contributed by atoms with Crippen LogP contribution in [0.4, 0.5) is 0 Å². The maximum absolute atomic E-state index is 12.2. The molecular formula is C15H36Ba2O7P2. The van der Waals surface area contributed by atoms with Crippen LogP contribution in [0.25, 0.3) is 0 Å². The Labute approximate surface area is 243 Å². The van der Waals surface area contributed by atoms with Crippen LogP contribution in [0.2, 0.25) is 0 Å². The molecule has 0 heterocycles. The third-order valence-corrected chi connectivity index (χ3v) is 4.92. The third-order valence-electron chi connectivity index (χ3n) is 2.20. The minimum atomic E-state index is -3.35. The number of hydrogen-bond donors (Lipinski definition) is 0. The van der Waals surface area contributed by atoms with Crippen molar-refractivity contribution in [2.24, 2.45) is 0 Å². The molecule has 0 aromatic heterocycles. The fourth-order valence-electron chi connectivity index (χ4n) is 1.61. The minimum Gasteiger partial charge on any atom is -1.00 e. The SMILES string of the molecule is C.[Ba+2].[Ba+2].[CH2-]C(COP(C)(=O)O[C@H]([CH2-])COP(C)(=O)OC(C)C)OC(C)C.[H-].[H-]. The number of rotatable bonds is 12. The van der Waals surface area contributed by atoms with E-state index in [2.05, 4.69) is 13.8 Å². The molecule has 0 aromatic rings. The molecule has 0 radical (unpaired) electrons. The predicted molar refractivity (Wildman–Crippen MR) is 111 cm³/mol. The smallest absolute Gasteiger partial charge is 1.00 e. The average Bonchev–Trinajstić information content (AvgIpc) is 2.31. The van der Waals surface area contributed by atoms with E-state index in [-0.39, 0.29) is 133 Å². The summed E-state index contributed by atoms with van der Waals surface area (Å²) >= 11 is 0. The van der Waals surface area contributed by atoms with Crippen molar-refractivity contribution < 1.29 is 34.8 Å². The fraction of sp³-hybridized carbons (Fsp3) is 0.867. The minimum absolute atomic E-state index is 0. The zero-order valence-electron chi connectivity index (χ0n) is 18.3. The van der Waals surface area contributed by atoms with Crippen molar-refractivity contribution in [1.29, 1.82) is 0 Å². The molecule has 0 saturated carbocycles. The van der Waals surface area contributed by atoms with Crippen LogP contribution in [0.15, 0.2) is 0 Å². The molecule has 0 amide bonds. The van der Waals surface area contributed by atoms with E-state index in [9.17, 15) is 9.13 Å². The van der Waals surface area contributed by atoms with Gasteiger partial charge >= 0.3 is 113 Å². The molecule has 4 atom stereocenters. The molecule has 0 aliphatic rings. The van der Waals surface area contributed by atoms with Gasteiger partial charge in [-0.2, -0.15) is 0 Å². The molecular weight excluding hydrogens is 629 g/mol. The zero-order valence-corrected chi connectivity index (χ0v) is 27.0. The Balaban J connectivity index is -0.000000242. The molecule has 152 valence electrons. The standard InChI is InChI=1S/C14H30O7P2.CH4.2Ba.2H/c1-11(2)19-13(5)9-17-23(8,16)21-14(6)10-18-22(7,15)20-12(3)4;;;;;/h11-14H,5-6,9-10H2,1-4,7-8H3;1H4;;;;/q-2;;2*+2;2*-1/t13?,14-,22?,23?;;;;;/m1...../s1. The number of hydrogen-bond acceptors (Lipinski definition) is 7. The van der Waals surface area contributed by atoms with Crippen LogP contribution in [0.1, 0.15) is 38.0 Å². The second kappa shape index (κ2) is 18.0. The molecule has 7 nitrogen and oxygen atoms in total. The van der Waals surface area contributed by atoms with Crippen LogP contribution in [-0.2, 0) is 32.0 Å². The monoisotopic (exact) mass is 666 g/mol. The first-order chi connectivity index (χ1) is 10.3. The summed E-state index contributed by atoms with van der Waals surface area (Å²) in [5.41, 5.74) is 0. The van der Waals surface area contributed by atoms with Gasteiger partial charge in [0.25, 0.3) is 0 Å². The van der Waals surface area contributed by atoms with E-state index in [1.807, 2.05) is 13.8 Å². The first-order valence-corrected chi connectivity index (χ1v) is 11.4. The van der Waals surface area contributed by atoms with Gasteiger partial charge < -0.3 is 39.5 Å². The predicted octanol–water partition coefficient (Wildman–Crippen LogP) is 4.04. The van der Waals surface area contributed by atoms with Crippen molar-refractivity contribution >= 4 is 113 Å². The molecule has 0 aromatic carbocycles. The zero-order chi connectivity index (χ0) is 18.3. The summed E-state index contributed by atoms with van der Waals surface area (Å²) in [7, 11) is -6.54. The van der Waals surface area contributed by atoms with E-state index in [0.717, 1.165) is 0 Å². The fourth-order valence-corrected chi connectivity index (χ4v) is 3.97. The molecule has 0 spiro atoms. The van der Waals surface area contributed by atoms with Gasteiger partial charge in [0.15, 0.2) is 0 Å². The summed E-state index contributed by atoms with van der Waals surface area (Å²) in [6.07, 6.45) is -1.51. The van der Waals surface area contributed by atoms with E-state index in [4.69, 9.17) is 22.8 Å². The topological polar surface area (TPSA) is 80.3 Å². The molecule has 0 saturated heterocycles. The van der Waals surface area contributed by atoms with Crippen LogP contribution in [0.5, 0.6) is 0 Å². The van der Waals surface area contributed by atoms with Crippen LogP contribution in [0.3, 0.4) is 0 Å². The molecule has 0 fully saturated rings. The van der Waals surface area contributed by atoms with Gasteiger partial charge in [0.1, 0.15) is 0 Å². The summed E-state index contributed by atoms with van der Waals surface area (Å²) in [5, 5.41) is 0. The summed E-state index contributed by atoms with van der Waals surface area (Å²) in [6, 6.07) is 0. The van der Waals surface area contributed by atoms with Gasteiger partial charge in [-0.25, -0.2) is 0 Å². The van der Waals surface area contributed by atoms with Crippen LogP contribution in [-0.4, -0.2) is 149 Å². The van der Waals surface area contributed by atoms with Crippen molar-refractivity contribution in [3.63, 3.8) is 0 Å². The van der Waals surface area contributed by atoms with E-state index in [0.29, 0.717) is 0 Å². The van der Waals surface area contributed by atoms with Gasteiger partial charge in [-0.05, 0) is 39.9 Å². The van der Waals surface area contributed by atoms with E-state index >= 15 is 0 Å². The summed E-state index contributed by atoms with van der Waals surface area (Å²) in [5.74, 6) is 0. The van der Waals surface area contributed by atoms with Crippen molar-refractivity contribution in [3.8, 4) is 0 Å². The number of ether oxygens (including phenoxy) is 1. The molecule has 26 heavy (non-hydrogen) atoms. The van der Waals surface area contributed by atoms with Crippen LogP contribution in [0, 0.1) is 13.8 Å². The Kier molecular flexibility index (Phi) is 25.5. The Bertz CT molecular complexity index is 447.